The Bertz CT molecular complexity index is 548. The van der Waals surface area contributed by atoms with Crippen LogP contribution in [0.5, 0.6) is 0 Å². The van der Waals surface area contributed by atoms with Crippen LogP contribution in [0, 0.1) is 10.1 Å². The monoisotopic (exact) mass is 218 g/mol. The number of hydrogen-bond acceptors (Lipinski definition) is 4. The number of nitrogen functional groups attached to an aromatic ring is 1. The van der Waals surface area contributed by atoms with Gasteiger partial charge in [-0.25, -0.2) is 0 Å². The van der Waals surface area contributed by atoms with Crippen LogP contribution in [0.25, 0.3) is 11.1 Å². The highest BCUT2D eigenvalue weighted by atomic mass is 16.6. The van der Waals surface area contributed by atoms with Crippen molar-refractivity contribution in [2.75, 3.05) is 5.73 Å². The van der Waals surface area contributed by atoms with E-state index >= 15 is 0 Å². The smallest absolute Gasteiger partial charge is 0.272 e. The van der Waals surface area contributed by atoms with Gasteiger partial charge in [0.15, 0.2) is 0 Å². The van der Waals surface area contributed by atoms with Gasteiger partial charge < -0.3 is 5.73 Å². The van der Waals surface area contributed by atoms with E-state index in [9.17, 15) is 10.1 Å². The van der Waals surface area contributed by atoms with Crippen LogP contribution < -0.4 is 5.73 Å². The number of aromatic nitrogens is 2. The lowest BCUT2D eigenvalue weighted by Crippen LogP contribution is -1.92. The second-order valence-corrected chi connectivity index (χ2v) is 3.47. The molecule has 0 aliphatic rings. The van der Waals surface area contributed by atoms with Crippen LogP contribution in [0.4, 0.5) is 11.4 Å². The first-order chi connectivity index (χ1) is 7.56. The van der Waals surface area contributed by atoms with Crippen molar-refractivity contribution < 1.29 is 4.92 Å². The fourth-order valence-electron chi connectivity index (χ4n) is 1.48. The minimum atomic E-state index is -0.462. The van der Waals surface area contributed by atoms with Gasteiger partial charge in [0, 0.05) is 36.6 Å². The van der Waals surface area contributed by atoms with Crippen LogP contribution in [-0.2, 0) is 7.05 Å². The molecule has 1 heterocycles. The summed E-state index contributed by atoms with van der Waals surface area (Å²) < 4.78 is 1.63. The van der Waals surface area contributed by atoms with Gasteiger partial charge >= 0.3 is 0 Å². The average Bonchev–Trinajstić information content (AvgIpc) is 2.64. The highest BCUT2D eigenvalue weighted by molar-refractivity contribution is 5.69. The number of nitrogens with two attached hydrogens (primary N) is 1. The summed E-state index contributed by atoms with van der Waals surface area (Å²) in [7, 11) is 1.78. The molecule has 2 rings (SSSR count). The van der Waals surface area contributed by atoms with E-state index in [0.717, 1.165) is 5.56 Å². The first-order valence-electron chi connectivity index (χ1n) is 4.60. The number of nitro groups is 1. The van der Waals surface area contributed by atoms with Crippen molar-refractivity contribution in [3.05, 3.63) is 40.7 Å². The highest BCUT2D eigenvalue weighted by Gasteiger charge is 2.10. The van der Waals surface area contributed by atoms with Crippen LogP contribution >= 0.6 is 0 Å². The molecule has 6 heteroatoms. The first kappa shape index (κ1) is 10.2. The van der Waals surface area contributed by atoms with E-state index < -0.39 is 4.92 Å². The molecule has 16 heavy (non-hydrogen) atoms. The third kappa shape index (κ3) is 1.85. The summed E-state index contributed by atoms with van der Waals surface area (Å²) >= 11 is 0. The van der Waals surface area contributed by atoms with Crippen molar-refractivity contribution in [3.8, 4) is 11.1 Å². The standard InChI is InChI=1S/C10H10N4O2/c1-13-6-8(5-12-13)7-2-9(11)4-10(3-7)14(15)16/h2-6H,11H2,1H3. The van der Waals surface area contributed by atoms with Crippen LogP contribution in [0.3, 0.4) is 0 Å². The molecule has 6 nitrogen and oxygen atoms in total. The molecule has 2 aromatic rings. The number of anilines is 1. The number of rotatable bonds is 2. The normalized spacial score (nSPS) is 10.3. The van der Waals surface area contributed by atoms with E-state index in [2.05, 4.69) is 5.10 Å². The van der Waals surface area contributed by atoms with Gasteiger partial charge in [0.2, 0.25) is 0 Å². The van der Waals surface area contributed by atoms with Crippen LogP contribution in [0.1, 0.15) is 0 Å². The number of benzene rings is 1. The predicted octanol–water partition coefficient (Wildman–Crippen LogP) is 1.58. The van der Waals surface area contributed by atoms with Gasteiger partial charge in [-0.2, -0.15) is 5.10 Å². The summed E-state index contributed by atoms with van der Waals surface area (Å²) in [5.41, 5.74) is 7.46. The Morgan fingerprint density at radius 1 is 1.38 bits per heavy atom. The molecule has 0 spiro atoms. The molecular weight excluding hydrogens is 208 g/mol. The van der Waals surface area contributed by atoms with Gasteiger partial charge in [0.05, 0.1) is 11.1 Å². The molecule has 0 bridgehead atoms. The molecule has 0 saturated heterocycles. The fraction of sp³-hybridized carbons (Fsp3) is 0.100. The average molecular weight is 218 g/mol. The number of aryl methyl sites for hydroxylation is 1. The van der Waals surface area contributed by atoms with Gasteiger partial charge in [-0.15, -0.1) is 0 Å². The van der Waals surface area contributed by atoms with Crippen molar-refractivity contribution in [2.45, 2.75) is 0 Å². The Kier molecular flexibility index (Phi) is 2.32. The van der Waals surface area contributed by atoms with E-state index in [1.807, 2.05) is 0 Å². The number of nitro benzene ring substituents is 1. The summed E-state index contributed by atoms with van der Waals surface area (Å²) in [4.78, 5) is 10.2. The minimum Gasteiger partial charge on any atom is -0.399 e. The van der Waals surface area contributed by atoms with Gasteiger partial charge in [-0.1, -0.05) is 0 Å². The number of non-ortho nitro benzene ring substituents is 1. The Labute approximate surface area is 91.5 Å². The Morgan fingerprint density at radius 3 is 2.69 bits per heavy atom. The summed E-state index contributed by atoms with van der Waals surface area (Å²) in [6.07, 6.45) is 3.41. The van der Waals surface area contributed by atoms with E-state index in [1.54, 1.807) is 30.2 Å². The van der Waals surface area contributed by atoms with Crippen molar-refractivity contribution in [1.29, 1.82) is 0 Å². The molecule has 2 N–H and O–H groups in total. The molecule has 0 unspecified atom stereocenters. The molecule has 1 aromatic heterocycles. The van der Waals surface area contributed by atoms with Gasteiger partial charge in [-0.05, 0) is 11.6 Å². The molecule has 82 valence electrons. The van der Waals surface area contributed by atoms with Crippen molar-refractivity contribution >= 4 is 11.4 Å². The van der Waals surface area contributed by atoms with E-state index in [4.69, 9.17) is 5.73 Å². The lowest BCUT2D eigenvalue weighted by atomic mass is 10.1. The maximum Gasteiger partial charge on any atom is 0.272 e. The lowest BCUT2D eigenvalue weighted by Gasteiger charge is -2.00. The quantitative estimate of drug-likeness (QED) is 0.471. The number of hydrogen-bond donors (Lipinski definition) is 1. The highest BCUT2D eigenvalue weighted by Crippen LogP contribution is 2.26. The van der Waals surface area contributed by atoms with E-state index in [0.29, 0.717) is 11.3 Å². The molecule has 0 fully saturated rings. The molecule has 1 aromatic carbocycles. The predicted molar refractivity (Wildman–Crippen MR) is 59.7 cm³/mol. The largest absolute Gasteiger partial charge is 0.399 e. The topological polar surface area (TPSA) is 87.0 Å². The summed E-state index contributed by atoms with van der Waals surface area (Å²) in [5.74, 6) is 0. The third-order valence-corrected chi connectivity index (χ3v) is 2.19. The molecule has 0 saturated carbocycles. The Balaban J connectivity index is 2.53. The van der Waals surface area contributed by atoms with Crippen molar-refractivity contribution in [1.82, 2.24) is 9.78 Å². The summed E-state index contributed by atoms with van der Waals surface area (Å²) in [5, 5.41) is 14.7. The molecule has 0 aliphatic carbocycles. The Morgan fingerprint density at radius 2 is 2.12 bits per heavy atom. The van der Waals surface area contributed by atoms with Gasteiger partial charge in [0.1, 0.15) is 0 Å². The lowest BCUT2D eigenvalue weighted by molar-refractivity contribution is -0.384. The van der Waals surface area contributed by atoms with Crippen molar-refractivity contribution in [2.24, 2.45) is 7.05 Å². The molecule has 0 aliphatic heterocycles. The fourth-order valence-corrected chi connectivity index (χ4v) is 1.48. The second-order valence-electron chi connectivity index (χ2n) is 3.47. The van der Waals surface area contributed by atoms with Crippen molar-refractivity contribution in [3.63, 3.8) is 0 Å². The van der Waals surface area contributed by atoms with E-state index in [-0.39, 0.29) is 5.69 Å². The zero-order valence-electron chi connectivity index (χ0n) is 8.62. The van der Waals surface area contributed by atoms with E-state index in [1.165, 1.54) is 12.1 Å². The zero-order chi connectivity index (χ0) is 11.7. The maximum absolute atomic E-state index is 10.7. The molecular formula is C10H10N4O2. The first-order valence-corrected chi connectivity index (χ1v) is 4.60. The van der Waals surface area contributed by atoms with Crippen LogP contribution in [-0.4, -0.2) is 14.7 Å². The summed E-state index contributed by atoms with van der Waals surface area (Å²) in [6.45, 7) is 0. The summed E-state index contributed by atoms with van der Waals surface area (Å²) in [6, 6.07) is 4.50. The second kappa shape index (κ2) is 3.65. The molecule has 0 atom stereocenters. The van der Waals surface area contributed by atoms with Crippen LogP contribution in [0.15, 0.2) is 30.6 Å². The molecule has 0 amide bonds. The SMILES string of the molecule is Cn1cc(-c2cc(N)cc([N+](=O)[O-])c2)cn1. The van der Waals surface area contributed by atoms with Crippen LogP contribution in [0.2, 0.25) is 0 Å². The van der Waals surface area contributed by atoms with Gasteiger partial charge in [-0.3, -0.25) is 14.8 Å². The minimum absolute atomic E-state index is 0.0150. The third-order valence-electron chi connectivity index (χ3n) is 2.19. The Hall–Kier alpha value is -2.37. The zero-order valence-corrected chi connectivity index (χ0v) is 8.62. The maximum atomic E-state index is 10.7. The number of nitrogens with zero attached hydrogens (tertiary/aromatic N) is 3. The molecule has 0 radical (unpaired) electrons. The van der Waals surface area contributed by atoms with Gasteiger partial charge in [0.25, 0.3) is 5.69 Å².